The number of carbonyl (C=O) groups excluding carboxylic acids is 1. The molecule has 0 saturated heterocycles. The van der Waals surface area contributed by atoms with Gasteiger partial charge in [0, 0.05) is 0 Å². The smallest absolute Gasteiger partial charge is 0.383 e. The molecule has 0 amide bonds. The molecule has 4 nitrogen and oxygen atoms in total. The van der Waals surface area contributed by atoms with Crippen LogP contribution >= 0.6 is 8.38 Å². The predicted octanol–water partition coefficient (Wildman–Crippen LogP) is 3.77. The average molecular weight is 292 g/mol. The molecule has 0 rings (SSSR count). The lowest BCUT2D eigenvalue weighted by Gasteiger charge is -2.28. The van der Waals surface area contributed by atoms with Gasteiger partial charge < -0.3 is 13.2 Å². The molecule has 17 heavy (non-hydrogen) atoms. The summed E-state index contributed by atoms with van der Waals surface area (Å²) >= 11 is 0. The zero-order chi connectivity index (χ0) is 13.7. The summed E-state index contributed by atoms with van der Waals surface area (Å²) in [6.45, 7) is 12.0. The lowest BCUT2D eigenvalue weighted by Crippen LogP contribution is -2.30. The van der Waals surface area contributed by atoms with Crippen molar-refractivity contribution in [2.45, 2.75) is 39.3 Å². The van der Waals surface area contributed by atoms with E-state index >= 15 is 0 Å². The fourth-order valence-corrected chi connectivity index (χ4v) is 5.98. The van der Waals surface area contributed by atoms with Crippen molar-refractivity contribution < 1.29 is 18.0 Å². The van der Waals surface area contributed by atoms with E-state index in [9.17, 15) is 4.79 Å². The Morgan fingerprint density at radius 3 is 1.82 bits per heavy atom. The molecule has 0 spiro atoms. The van der Waals surface area contributed by atoms with Gasteiger partial charge in [0.25, 0.3) is 8.38 Å². The molecule has 0 heterocycles. The van der Waals surface area contributed by atoms with Crippen molar-refractivity contribution >= 4 is 30.7 Å². The van der Waals surface area contributed by atoms with Crippen LogP contribution < -0.4 is 0 Å². The molecule has 0 aromatic rings. The van der Waals surface area contributed by atoms with Crippen LogP contribution in [0.1, 0.15) is 0 Å². The largest absolute Gasteiger partial charge is 0.446 e. The maximum atomic E-state index is 11.8. The molecule has 7 heteroatoms. The van der Waals surface area contributed by atoms with E-state index in [1.54, 1.807) is 0 Å². The van der Waals surface area contributed by atoms with Gasteiger partial charge in [-0.15, -0.1) is 6.42 Å². The second-order valence-electron chi connectivity index (χ2n) is 5.42. The lowest BCUT2D eigenvalue weighted by molar-refractivity contribution is 0.183. The Kier molecular flexibility index (Phi) is 6.59. The Balaban J connectivity index is 4.62. The molecule has 0 aromatic heterocycles. The van der Waals surface area contributed by atoms with Crippen molar-refractivity contribution in [2.75, 3.05) is 6.61 Å². The van der Waals surface area contributed by atoms with E-state index in [-0.39, 0.29) is 6.61 Å². The van der Waals surface area contributed by atoms with Gasteiger partial charge in [0.2, 0.25) is 0 Å². The van der Waals surface area contributed by atoms with Crippen molar-refractivity contribution in [3.05, 3.63) is 0 Å². The molecule has 0 aliphatic rings. The van der Waals surface area contributed by atoms with E-state index in [0.717, 1.165) is 0 Å². The molecule has 0 saturated carbocycles. The Labute approximate surface area is 107 Å². The van der Waals surface area contributed by atoms with Gasteiger partial charge in [-0.1, -0.05) is 5.92 Å². The van der Waals surface area contributed by atoms with E-state index in [1.165, 1.54) is 0 Å². The average Bonchev–Trinajstić information content (AvgIpc) is 2.08. The molecule has 0 atom stereocenters. The first kappa shape index (κ1) is 16.8. The zero-order valence-electron chi connectivity index (χ0n) is 11.4. The van der Waals surface area contributed by atoms with Crippen LogP contribution in [0.2, 0.25) is 39.3 Å². The highest BCUT2D eigenvalue weighted by Crippen LogP contribution is 2.46. The summed E-state index contributed by atoms with van der Waals surface area (Å²) < 4.78 is 16.4. The van der Waals surface area contributed by atoms with Gasteiger partial charge in [-0.05, 0) is 39.3 Å². The summed E-state index contributed by atoms with van der Waals surface area (Å²) in [5.74, 6) is 2.26. The van der Waals surface area contributed by atoms with E-state index < -0.39 is 30.7 Å². The minimum absolute atomic E-state index is 0.0399. The predicted molar refractivity (Wildman–Crippen MR) is 76.0 cm³/mol. The summed E-state index contributed by atoms with van der Waals surface area (Å²) in [5.41, 5.74) is -0.470. The first-order valence-corrected chi connectivity index (χ1v) is 13.3. The zero-order valence-corrected chi connectivity index (χ0v) is 14.3. The standard InChI is InChI=1S/C10H21O4PSi2/c1-8-9-12-10(11)15(13-16(2,3)4)14-17(5,6)7/h1H,9H2,2-7H3. The van der Waals surface area contributed by atoms with Crippen LogP contribution in [-0.2, 0) is 13.2 Å². The van der Waals surface area contributed by atoms with Crippen molar-refractivity contribution in [1.82, 2.24) is 0 Å². The van der Waals surface area contributed by atoms with E-state index in [2.05, 4.69) is 5.92 Å². The first-order chi connectivity index (χ1) is 7.55. The molecule has 0 aliphatic carbocycles. The molecular weight excluding hydrogens is 271 g/mol. The number of carbonyl (C=O) groups is 1. The van der Waals surface area contributed by atoms with Crippen LogP contribution in [0.15, 0.2) is 0 Å². The van der Waals surface area contributed by atoms with Crippen molar-refractivity contribution in [3.63, 3.8) is 0 Å². The van der Waals surface area contributed by atoms with Gasteiger partial charge in [-0.2, -0.15) is 0 Å². The van der Waals surface area contributed by atoms with Crippen LogP contribution in [0.25, 0.3) is 0 Å². The minimum atomic E-state index is -1.85. The highest BCUT2D eigenvalue weighted by molar-refractivity contribution is 7.67. The summed E-state index contributed by atoms with van der Waals surface area (Å²) in [4.78, 5) is 11.8. The van der Waals surface area contributed by atoms with Crippen LogP contribution in [0.5, 0.6) is 0 Å². The summed E-state index contributed by atoms with van der Waals surface area (Å²) in [5, 5.41) is 0. The minimum Gasteiger partial charge on any atom is -0.446 e. The third-order valence-corrected chi connectivity index (χ3v) is 7.28. The van der Waals surface area contributed by atoms with Gasteiger partial charge in [0.15, 0.2) is 23.2 Å². The lowest BCUT2D eigenvalue weighted by atomic mass is 10.8. The number of hydrogen-bond acceptors (Lipinski definition) is 4. The summed E-state index contributed by atoms with van der Waals surface area (Å²) in [7, 11) is -5.34. The summed E-state index contributed by atoms with van der Waals surface area (Å²) in [6, 6.07) is 0. The molecule has 0 unspecified atom stereocenters. The van der Waals surface area contributed by atoms with Crippen molar-refractivity contribution in [2.24, 2.45) is 0 Å². The second kappa shape index (κ2) is 6.67. The Morgan fingerprint density at radius 2 is 1.53 bits per heavy atom. The number of hydrogen-bond donors (Lipinski definition) is 0. The van der Waals surface area contributed by atoms with Crippen LogP contribution in [0, 0.1) is 12.3 Å². The molecule has 0 aliphatic heterocycles. The summed E-state index contributed by atoms with van der Waals surface area (Å²) in [6.07, 6.45) is 5.05. The van der Waals surface area contributed by atoms with Gasteiger partial charge in [0.1, 0.15) is 0 Å². The van der Waals surface area contributed by atoms with E-state index in [4.69, 9.17) is 19.6 Å². The van der Waals surface area contributed by atoms with Gasteiger partial charge in [-0.3, -0.25) is 0 Å². The van der Waals surface area contributed by atoms with Crippen LogP contribution in [-0.4, -0.2) is 29.0 Å². The molecular formula is C10H21O4PSi2. The molecule has 0 bridgehead atoms. The van der Waals surface area contributed by atoms with Gasteiger partial charge >= 0.3 is 5.71 Å². The SMILES string of the molecule is C#CCOC(=O)P(O[Si](C)(C)C)O[Si](C)(C)C. The van der Waals surface area contributed by atoms with Crippen molar-refractivity contribution in [1.29, 1.82) is 0 Å². The Bertz CT molecular complexity index is 285. The first-order valence-electron chi connectivity index (χ1n) is 5.34. The molecule has 0 fully saturated rings. The second-order valence-corrected chi connectivity index (χ2v) is 16.2. The van der Waals surface area contributed by atoms with E-state index in [0.29, 0.717) is 0 Å². The topological polar surface area (TPSA) is 44.8 Å². The monoisotopic (exact) mass is 292 g/mol. The Morgan fingerprint density at radius 1 is 1.12 bits per heavy atom. The Hall–Kier alpha value is -0.186. The maximum absolute atomic E-state index is 11.8. The fraction of sp³-hybridized carbons (Fsp3) is 0.700. The molecule has 0 N–H and O–H groups in total. The highest BCUT2D eigenvalue weighted by atomic mass is 31.2. The van der Waals surface area contributed by atoms with E-state index in [1.807, 2.05) is 39.3 Å². The van der Waals surface area contributed by atoms with Crippen molar-refractivity contribution in [3.8, 4) is 12.3 Å². The number of terminal acetylenes is 1. The van der Waals surface area contributed by atoms with Crippen LogP contribution in [0.4, 0.5) is 4.79 Å². The highest BCUT2D eigenvalue weighted by Gasteiger charge is 2.34. The number of ether oxygens (including phenoxy) is 1. The molecule has 98 valence electrons. The van der Waals surface area contributed by atoms with Gasteiger partial charge in [0.05, 0.1) is 0 Å². The molecule has 0 radical (unpaired) electrons. The third-order valence-electron chi connectivity index (χ3n) is 1.14. The quantitative estimate of drug-likeness (QED) is 0.424. The third kappa shape index (κ3) is 9.51. The fourth-order valence-electron chi connectivity index (χ4n) is 0.747. The normalized spacial score (nSPS) is 12.4. The number of rotatable bonds is 6. The maximum Gasteiger partial charge on any atom is 0.383 e. The van der Waals surface area contributed by atoms with Gasteiger partial charge in [-0.25, -0.2) is 4.79 Å². The van der Waals surface area contributed by atoms with Crippen LogP contribution in [0.3, 0.4) is 0 Å². The molecule has 0 aromatic carbocycles.